The van der Waals surface area contributed by atoms with Crippen molar-refractivity contribution >= 4 is 34.0 Å². The van der Waals surface area contributed by atoms with E-state index in [0.29, 0.717) is 0 Å². The summed E-state index contributed by atoms with van der Waals surface area (Å²) >= 11 is 1.52. The molecule has 0 spiro atoms. The van der Waals surface area contributed by atoms with Gasteiger partial charge in [0, 0.05) is 19.3 Å². The molecular formula is C22H19N3OS. The number of rotatable bonds is 2. The average molecular weight is 373 g/mol. The Balaban J connectivity index is 1.51. The zero-order chi connectivity index (χ0) is 18.4. The van der Waals surface area contributed by atoms with Crippen molar-refractivity contribution in [2.24, 2.45) is 7.05 Å². The maximum Gasteiger partial charge on any atom is 0.268 e. The van der Waals surface area contributed by atoms with E-state index in [2.05, 4.69) is 16.7 Å². The number of amides is 1. The lowest BCUT2D eigenvalue weighted by atomic mass is 10.0. The molecule has 134 valence electrons. The summed E-state index contributed by atoms with van der Waals surface area (Å²) in [5.41, 5.74) is 4.37. The average Bonchev–Trinajstić information content (AvgIpc) is 3.32. The number of imidazole rings is 1. The van der Waals surface area contributed by atoms with E-state index in [1.165, 1.54) is 16.9 Å². The molecule has 0 fully saturated rings. The van der Waals surface area contributed by atoms with Crippen molar-refractivity contribution < 1.29 is 4.79 Å². The van der Waals surface area contributed by atoms with Gasteiger partial charge >= 0.3 is 0 Å². The van der Waals surface area contributed by atoms with Gasteiger partial charge in [0.2, 0.25) is 0 Å². The van der Waals surface area contributed by atoms with E-state index in [4.69, 9.17) is 4.98 Å². The highest BCUT2D eigenvalue weighted by molar-refractivity contribution is 7.17. The second-order valence-corrected chi connectivity index (χ2v) is 7.92. The van der Waals surface area contributed by atoms with Gasteiger partial charge in [0.05, 0.1) is 20.8 Å². The van der Waals surface area contributed by atoms with Gasteiger partial charge in [0.1, 0.15) is 0 Å². The van der Waals surface area contributed by atoms with Crippen LogP contribution < -0.4 is 4.90 Å². The van der Waals surface area contributed by atoms with Gasteiger partial charge in [-0.15, -0.1) is 11.3 Å². The summed E-state index contributed by atoms with van der Waals surface area (Å²) in [5, 5.41) is 0. The fraction of sp³-hybridized carbons (Fsp3) is 0.182. The van der Waals surface area contributed by atoms with Crippen molar-refractivity contribution in [2.45, 2.75) is 12.8 Å². The molecule has 2 aromatic heterocycles. The number of nitrogens with zero attached hydrogens (tertiary/aromatic N) is 3. The first-order chi connectivity index (χ1) is 13.2. The smallest absolute Gasteiger partial charge is 0.268 e. The third-order valence-corrected chi connectivity index (χ3v) is 6.25. The number of para-hydroxylation sites is 3. The zero-order valence-electron chi connectivity index (χ0n) is 15.1. The van der Waals surface area contributed by atoms with Gasteiger partial charge in [-0.25, -0.2) is 4.98 Å². The molecule has 27 heavy (non-hydrogen) atoms. The van der Waals surface area contributed by atoms with Crippen LogP contribution in [0.25, 0.3) is 21.7 Å². The minimum Gasteiger partial charge on any atom is -0.326 e. The van der Waals surface area contributed by atoms with E-state index < -0.39 is 0 Å². The third kappa shape index (κ3) is 2.66. The number of hydrogen-bond donors (Lipinski definition) is 0. The summed E-state index contributed by atoms with van der Waals surface area (Å²) < 4.78 is 2.09. The number of carbonyl (C=O) groups excluding carboxylic acids is 1. The van der Waals surface area contributed by atoms with Crippen LogP contribution in [-0.4, -0.2) is 22.0 Å². The fourth-order valence-electron chi connectivity index (χ4n) is 3.82. The Kier molecular flexibility index (Phi) is 3.83. The summed E-state index contributed by atoms with van der Waals surface area (Å²) in [5.74, 6) is 0.983. The second-order valence-electron chi connectivity index (χ2n) is 6.84. The minimum absolute atomic E-state index is 0.0807. The number of benzene rings is 2. The van der Waals surface area contributed by atoms with Crippen LogP contribution in [-0.2, 0) is 13.5 Å². The predicted octanol–water partition coefficient (Wildman–Crippen LogP) is 4.89. The zero-order valence-corrected chi connectivity index (χ0v) is 15.9. The van der Waals surface area contributed by atoms with Crippen LogP contribution >= 0.6 is 11.3 Å². The van der Waals surface area contributed by atoms with Gasteiger partial charge in [0.15, 0.2) is 5.82 Å². The molecule has 4 aromatic rings. The normalized spacial score (nSPS) is 13.7. The highest BCUT2D eigenvalue weighted by atomic mass is 32.1. The molecule has 2 aromatic carbocycles. The number of hydrogen-bond acceptors (Lipinski definition) is 3. The first kappa shape index (κ1) is 16.3. The molecule has 0 bridgehead atoms. The van der Waals surface area contributed by atoms with Crippen LogP contribution in [0, 0.1) is 0 Å². The Hall–Kier alpha value is -2.92. The number of thiophene rings is 1. The quantitative estimate of drug-likeness (QED) is 0.501. The van der Waals surface area contributed by atoms with E-state index in [-0.39, 0.29) is 5.91 Å². The first-order valence-electron chi connectivity index (χ1n) is 9.14. The molecule has 0 atom stereocenters. The number of fused-ring (bicyclic) bond motifs is 2. The third-order valence-electron chi connectivity index (χ3n) is 5.18. The van der Waals surface area contributed by atoms with Gasteiger partial charge in [-0.2, -0.15) is 0 Å². The molecule has 4 nitrogen and oxygen atoms in total. The van der Waals surface area contributed by atoms with Crippen molar-refractivity contribution in [3.8, 4) is 10.7 Å². The highest BCUT2D eigenvalue weighted by Gasteiger charge is 2.25. The predicted molar refractivity (Wildman–Crippen MR) is 110 cm³/mol. The SMILES string of the molecule is Cn1c(-c2ccc(C(=O)N3CCCc4ccccc43)s2)nc2ccccc21. The summed E-state index contributed by atoms with van der Waals surface area (Å²) in [6, 6.07) is 20.3. The van der Waals surface area contributed by atoms with Crippen LogP contribution in [0.1, 0.15) is 21.7 Å². The van der Waals surface area contributed by atoms with Gasteiger partial charge < -0.3 is 9.47 Å². The van der Waals surface area contributed by atoms with Gasteiger partial charge in [0.25, 0.3) is 5.91 Å². The summed E-state index contributed by atoms with van der Waals surface area (Å²) in [4.78, 5) is 21.6. The summed E-state index contributed by atoms with van der Waals surface area (Å²) in [7, 11) is 2.02. The number of anilines is 1. The lowest BCUT2D eigenvalue weighted by Crippen LogP contribution is -2.34. The Morgan fingerprint density at radius 2 is 1.85 bits per heavy atom. The molecule has 1 aliphatic rings. The Morgan fingerprint density at radius 1 is 1.04 bits per heavy atom. The Labute approximate surface area is 161 Å². The van der Waals surface area contributed by atoms with Crippen molar-refractivity contribution in [3.05, 3.63) is 71.1 Å². The van der Waals surface area contributed by atoms with Crippen molar-refractivity contribution in [1.82, 2.24) is 9.55 Å². The van der Waals surface area contributed by atoms with Crippen LogP contribution in [0.4, 0.5) is 5.69 Å². The molecule has 0 N–H and O–H groups in total. The standard InChI is InChI=1S/C22H19N3OS/c1-24-18-11-5-3-9-16(18)23-21(24)19-12-13-20(27-19)22(26)25-14-6-8-15-7-2-4-10-17(15)25/h2-5,7,9-13H,6,8,14H2,1H3. The minimum atomic E-state index is 0.0807. The molecule has 1 amide bonds. The maximum absolute atomic E-state index is 13.2. The fourth-order valence-corrected chi connectivity index (χ4v) is 4.80. The highest BCUT2D eigenvalue weighted by Crippen LogP contribution is 2.33. The van der Waals surface area contributed by atoms with E-state index in [1.54, 1.807) is 0 Å². The van der Waals surface area contributed by atoms with E-state index >= 15 is 0 Å². The van der Waals surface area contributed by atoms with Crippen LogP contribution in [0.15, 0.2) is 60.7 Å². The summed E-state index contributed by atoms with van der Waals surface area (Å²) in [6.45, 7) is 0.773. The topological polar surface area (TPSA) is 38.1 Å². The van der Waals surface area contributed by atoms with Gasteiger partial charge in [-0.05, 0) is 48.7 Å². The molecule has 0 unspecified atom stereocenters. The van der Waals surface area contributed by atoms with Gasteiger partial charge in [-0.1, -0.05) is 30.3 Å². The maximum atomic E-state index is 13.2. The van der Waals surface area contributed by atoms with Crippen molar-refractivity contribution in [2.75, 3.05) is 11.4 Å². The molecule has 0 saturated carbocycles. The van der Waals surface area contributed by atoms with Crippen molar-refractivity contribution in [1.29, 1.82) is 0 Å². The molecule has 0 saturated heterocycles. The molecule has 1 aliphatic heterocycles. The number of carbonyl (C=O) groups is 1. The van der Waals surface area contributed by atoms with E-state index in [9.17, 15) is 4.79 Å². The molecule has 5 heteroatoms. The van der Waals surface area contributed by atoms with Gasteiger partial charge in [-0.3, -0.25) is 4.79 Å². The monoisotopic (exact) mass is 373 g/mol. The lowest BCUT2D eigenvalue weighted by molar-refractivity contribution is 0.0989. The molecule has 3 heterocycles. The largest absolute Gasteiger partial charge is 0.326 e. The van der Waals surface area contributed by atoms with Crippen molar-refractivity contribution in [3.63, 3.8) is 0 Å². The number of aryl methyl sites for hydroxylation is 2. The van der Waals surface area contributed by atoms with Crippen LogP contribution in [0.3, 0.4) is 0 Å². The summed E-state index contributed by atoms with van der Waals surface area (Å²) in [6.07, 6.45) is 2.04. The molecule has 5 rings (SSSR count). The Morgan fingerprint density at radius 3 is 2.74 bits per heavy atom. The first-order valence-corrected chi connectivity index (χ1v) is 9.95. The van der Waals surface area contributed by atoms with E-state index in [1.807, 2.05) is 60.5 Å². The number of aromatic nitrogens is 2. The van der Waals surface area contributed by atoms with E-state index in [0.717, 1.165) is 51.7 Å². The molecular weight excluding hydrogens is 354 g/mol. The molecule has 0 radical (unpaired) electrons. The Bertz CT molecular complexity index is 1160. The van der Waals surface area contributed by atoms with Crippen LogP contribution in [0.5, 0.6) is 0 Å². The molecule has 0 aliphatic carbocycles. The lowest BCUT2D eigenvalue weighted by Gasteiger charge is -2.29. The van der Waals surface area contributed by atoms with Crippen LogP contribution in [0.2, 0.25) is 0 Å². The second kappa shape index (κ2) is 6.35.